The minimum atomic E-state index is -0.302. The molecule has 7 nitrogen and oxygen atoms in total. The molecule has 1 aromatic heterocycles. The molecule has 1 aromatic carbocycles. The Morgan fingerprint density at radius 3 is 2.68 bits per heavy atom. The third-order valence-corrected chi connectivity index (χ3v) is 7.20. The van der Waals surface area contributed by atoms with Gasteiger partial charge in [-0.25, -0.2) is 0 Å². The van der Waals surface area contributed by atoms with E-state index in [2.05, 4.69) is 49.3 Å². The lowest BCUT2D eigenvalue weighted by molar-refractivity contribution is -0.137. The number of benzene rings is 1. The molecule has 31 heavy (non-hydrogen) atoms. The number of hydrogen-bond donors (Lipinski definition) is 2. The highest BCUT2D eigenvalue weighted by atomic mass is 32.1. The molecule has 5 rings (SSSR count). The van der Waals surface area contributed by atoms with Crippen molar-refractivity contribution in [1.82, 2.24) is 20.1 Å². The second-order valence-electron chi connectivity index (χ2n) is 8.47. The Morgan fingerprint density at radius 1 is 1.10 bits per heavy atom. The quantitative estimate of drug-likeness (QED) is 0.563. The van der Waals surface area contributed by atoms with Crippen LogP contribution in [0.4, 0.5) is 5.69 Å². The van der Waals surface area contributed by atoms with Crippen molar-refractivity contribution >= 4 is 30.1 Å². The summed E-state index contributed by atoms with van der Waals surface area (Å²) in [7, 11) is 0. The number of aromatic nitrogens is 1. The van der Waals surface area contributed by atoms with Crippen LogP contribution in [-0.2, 0) is 22.7 Å². The zero-order valence-electron chi connectivity index (χ0n) is 17.4. The Labute approximate surface area is 187 Å². The molecule has 0 spiro atoms. The Kier molecular flexibility index (Phi) is 5.69. The van der Waals surface area contributed by atoms with Crippen LogP contribution in [0.15, 0.2) is 42.7 Å². The first-order chi connectivity index (χ1) is 15.1. The highest BCUT2D eigenvalue weighted by molar-refractivity contribution is 7.80. The highest BCUT2D eigenvalue weighted by Gasteiger charge is 2.39. The maximum Gasteiger partial charge on any atom is 0.243 e. The van der Waals surface area contributed by atoms with Gasteiger partial charge < -0.3 is 4.90 Å². The van der Waals surface area contributed by atoms with Crippen LogP contribution in [0.5, 0.6) is 0 Å². The standard InChI is InChI=1S/C23H27N5O2S/c29-21-7-6-20(22(30)25-21)28-15-19-16(3-1-5-18(19)23(28)31)14-26-9-11-27(12-10-26)17-4-2-8-24-13-17/h1-5,8,13,20,23,31H,6-7,9-12,14-15H2,(H,25,29,30). The van der Waals surface area contributed by atoms with Gasteiger partial charge in [-0.2, -0.15) is 12.6 Å². The van der Waals surface area contributed by atoms with Crippen LogP contribution in [-0.4, -0.2) is 58.8 Å². The third kappa shape index (κ3) is 4.07. The summed E-state index contributed by atoms with van der Waals surface area (Å²) in [5.41, 5.74) is 4.95. The summed E-state index contributed by atoms with van der Waals surface area (Å²) in [6, 6.07) is 10.2. The molecule has 0 bridgehead atoms. The van der Waals surface area contributed by atoms with Gasteiger partial charge in [-0.3, -0.25) is 29.7 Å². The first kappa shape index (κ1) is 20.5. The Morgan fingerprint density at radius 2 is 1.94 bits per heavy atom. The number of nitrogens with one attached hydrogen (secondary N) is 1. The highest BCUT2D eigenvalue weighted by Crippen LogP contribution is 2.40. The Balaban J connectivity index is 1.26. The van der Waals surface area contributed by atoms with E-state index in [1.807, 2.05) is 18.5 Å². The van der Waals surface area contributed by atoms with Crippen molar-refractivity contribution in [1.29, 1.82) is 0 Å². The number of amides is 2. The lowest BCUT2D eigenvalue weighted by Gasteiger charge is -2.36. The number of hydrogen-bond acceptors (Lipinski definition) is 7. The second-order valence-corrected chi connectivity index (χ2v) is 8.96. The van der Waals surface area contributed by atoms with E-state index in [4.69, 9.17) is 12.6 Å². The van der Waals surface area contributed by atoms with Gasteiger partial charge in [0.1, 0.15) is 0 Å². The van der Waals surface area contributed by atoms with Crippen molar-refractivity contribution in [2.45, 2.75) is 37.3 Å². The van der Waals surface area contributed by atoms with Crippen LogP contribution < -0.4 is 10.2 Å². The number of imide groups is 1. The van der Waals surface area contributed by atoms with E-state index in [0.717, 1.165) is 32.7 Å². The lowest BCUT2D eigenvalue weighted by atomic mass is 10.0. The molecule has 4 heterocycles. The van der Waals surface area contributed by atoms with E-state index in [-0.39, 0.29) is 23.2 Å². The topological polar surface area (TPSA) is 68.8 Å². The van der Waals surface area contributed by atoms with Gasteiger partial charge in [0, 0.05) is 51.9 Å². The molecular weight excluding hydrogens is 410 g/mol. The Hall–Kier alpha value is -2.42. The van der Waals surface area contributed by atoms with Gasteiger partial charge in [0.15, 0.2) is 0 Å². The van der Waals surface area contributed by atoms with Crippen molar-refractivity contribution in [3.05, 3.63) is 59.4 Å². The molecule has 1 N–H and O–H groups in total. The molecule has 0 aliphatic carbocycles. The average Bonchev–Trinajstić information content (AvgIpc) is 3.12. The van der Waals surface area contributed by atoms with Gasteiger partial charge in [0.2, 0.25) is 11.8 Å². The summed E-state index contributed by atoms with van der Waals surface area (Å²) in [6.07, 6.45) is 4.68. The van der Waals surface area contributed by atoms with Crippen LogP contribution in [0.25, 0.3) is 0 Å². The molecule has 2 aromatic rings. The van der Waals surface area contributed by atoms with E-state index >= 15 is 0 Å². The first-order valence-corrected chi connectivity index (χ1v) is 11.4. The molecule has 2 amide bonds. The summed E-state index contributed by atoms with van der Waals surface area (Å²) in [4.78, 5) is 35.2. The fourth-order valence-electron chi connectivity index (χ4n) is 4.91. The average molecular weight is 438 g/mol. The number of carbonyl (C=O) groups is 2. The number of piperidine rings is 1. The van der Waals surface area contributed by atoms with E-state index in [1.165, 1.54) is 22.4 Å². The SMILES string of the molecule is O=C1CCC(N2Cc3c(CN4CCN(c5cccnc5)CC4)cccc3C2S)C(=O)N1. The predicted molar refractivity (Wildman–Crippen MR) is 122 cm³/mol. The fourth-order valence-corrected chi connectivity index (χ4v) is 5.39. The van der Waals surface area contributed by atoms with Crippen LogP contribution in [0.2, 0.25) is 0 Å². The number of anilines is 1. The molecule has 3 aliphatic rings. The van der Waals surface area contributed by atoms with Gasteiger partial charge in [0.05, 0.1) is 23.3 Å². The van der Waals surface area contributed by atoms with Crippen molar-refractivity contribution in [2.24, 2.45) is 0 Å². The minimum Gasteiger partial charge on any atom is -0.368 e. The molecule has 0 radical (unpaired) electrons. The van der Waals surface area contributed by atoms with Gasteiger partial charge in [-0.1, -0.05) is 18.2 Å². The number of rotatable bonds is 4. The molecule has 2 atom stereocenters. The van der Waals surface area contributed by atoms with E-state index in [1.54, 1.807) is 0 Å². The van der Waals surface area contributed by atoms with E-state index in [9.17, 15) is 9.59 Å². The van der Waals surface area contributed by atoms with Gasteiger partial charge in [-0.15, -0.1) is 0 Å². The van der Waals surface area contributed by atoms with Crippen molar-refractivity contribution < 1.29 is 9.59 Å². The summed E-state index contributed by atoms with van der Waals surface area (Å²) >= 11 is 4.84. The van der Waals surface area contributed by atoms with E-state index in [0.29, 0.717) is 19.4 Å². The van der Waals surface area contributed by atoms with Crippen molar-refractivity contribution in [2.75, 3.05) is 31.1 Å². The number of pyridine rings is 1. The molecule has 3 aliphatic heterocycles. The lowest BCUT2D eigenvalue weighted by Crippen LogP contribution is -2.51. The van der Waals surface area contributed by atoms with Crippen LogP contribution in [0, 0.1) is 0 Å². The summed E-state index contributed by atoms with van der Waals surface area (Å²) in [6.45, 7) is 5.56. The monoisotopic (exact) mass is 437 g/mol. The molecule has 2 unspecified atom stereocenters. The molecule has 8 heteroatoms. The van der Waals surface area contributed by atoms with Gasteiger partial charge in [-0.05, 0) is 35.2 Å². The number of nitrogens with zero attached hydrogens (tertiary/aromatic N) is 4. The third-order valence-electron chi connectivity index (χ3n) is 6.63. The summed E-state index contributed by atoms with van der Waals surface area (Å²) in [5, 5.41) is 2.36. The van der Waals surface area contributed by atoms with E-state index < -0.39 is 0 Å². The number of thiol groups is 1. The summed E-state index contributed by atoms with van der Waals surface area (Å²) < 4.78 is 0. The number of carbonyl (C=O) groups excluding carboxylic acids is 2. The van der Waals surface area contributed by atoms with Crippen molar-refractivity contribution in [3.63, 3.8) is 0 Å². The number of fused-ring (bicyclic) bond motifs is 1. The van der Waals surface area contributed by atoms with Gasteiger partial charge >= 0.3 is 0 Å². The number of piperazine rings is 1. The smallest absolute Gasteiger partial charge is 0.243 e. The minimum absolute atomic E-state index is 0.124. The zero-order valence-corrected chi connectivity index (χ0v) is 18.3. The van der Waals surface area contributed by atoms with Crippen LogP contribution in [0.3, 0.4) is 0 Å². The van der Waals surface area contributed by atoms with Gasteiger partial charge in [0.25, 0.3) is 0 Å². The fraction of sp³-hybridized carbons (Fsp3) is 0.435. The zero-order chi connectivity index (χ0) is 21.4. The van der Waals surface area contributed by atoms with Crippen LogP contribution >= 0.6 is 12.6 Å². The molecular formula is C23H27N5O2S. The maximum atomic E-state index is 12.4. The molecule has 2 fully saturated rings. The largest absolute Gasteiger partial charge is 0.368 e. The Bertz CT molecular complexity index is 977. The predicted octanol–water partition coefficient (Wildman–Crippen LogP) is 1.95. The molecule has 162 valence electrons. The normalized spacial score (nSPS) is 24.9. The van der Waals surface area contributed by atoms with Crippen LogP contribution in [0.1, 0.15) is 34.9 Å². The summed E-state index contributed by atoms with van der Waals surface area (Å²) in [5.74, 6) is -0.379. The molecule has 0 saturated carbocycles. The molecule has 2 saturated heterocycles. The maximum absolute atomic E-state index is 12.4. The first-order valence-electron chi connectivity index (χ1n) is 10.9. The van der Waals surface area contributed by atoms with Crippen molar-refractivity contribution in [3.8, 4) is 0 Å². The second kappa shape index (κ2) is 8.61.